The van der Waals surface area contributed by atoms with E-state index in [9.17, 15) is 4.79 Å². The van der Waals surface area contributed by atoms with Gasteiger partial charge in [-0.1, -0.05) is 15.9 Å². The first kappa shape index (κ1) is 19.3. The maximum absolute atomic E-state index is 12.4. The number of carbonyl (C=O) groups excluding carboxylic acids is 1. The lowest BCUT2D eigenvalue weighted by molar-refractivity contribution is 0.0925. The molecule has 1 saturated heterocycles. The molecule has 1 aliphatic heterocycles. The molecule has 0 bridgehead atoms. The summed E-state index contributed by atoms with van der Waals surface area (Å²) in [5.74, 6) is 0.673. The van der Waals surface area contributed by atoms with Gasteiger partial charge in [0.25, 0.3) is 5.91 Å². The van der Waals surface area contributed by atoms with E-state index < -0.39 is 0 Å². The van der Waals surface area contributed by atoms with Gasteiger partial charge in [0.15, 0.2) is 0 Å². The number of hydrogen-bond donors (Lipinski definition) is 2. The molecule has 0 saturated carbocycles. The molecular formula is C16H24BrClN2O2. The van der Waals surface area contributed by atoms with Crippen LogP contribution in [0.3, 0.4) is 0 Å². The lowest BCUT2D eigenvalue weighted by atomic mass is 10.0. The van der Waals surface area contributed by atoms with Crippen LogP contribution in [0.15, 0.2) is 22.7 Å². The standard InChI is InChI=1S/C16H23BrN2O2.ClH/c1-10(2)21-15-8-12(7-13(17)9-15)16(20)19-14-4-5-18-11(3)6-14;/h7-11,14,18H,4-6H2,1-3H3,(H,19,20);1H. The zero-order chi connectivity index (χ0) is 15.4. The van der Waals surface area contributed by atoms with Gasteiger partial charge in [0, 0.05) is 22.1 Å². The van der Waals surface area contributed by atoms with Crippen LogP contribution in [-0.2, 0) is 0 Å². The zero-order valence-corrected chi connectivity index (χ0v) is 15.6. The summed E-state index contributed by atoms with van der Waals surface area (Å²) < 4.78 is 6.52. The Morgan fingerprint density at radius 1 is 1.41 bits per heavy atom. The topological polar surface area (TPSA) is 50.4 Å². The van der Waals surface area contributed by atoms with Crippen molar-refractivity contribution in [2.75, 3.05) is 6.54 Å². The number of nitrogens with one attached hydrogen (secondary N) is 2. The van der Waals surface area contributed by atoms with E-state index in [1.54, 1.807) is 6.07 Å². The normalized spacial score (nSPS) is 21.1. The molecule has 0 radical (unpaired) electrons. The fourth-order valence-electron chi connectivity index (χ4n) is 2.57. The Balaban J connectivity index is 0.00000242. The van der Waals surface area contributed by atoms with Gasteiger partial charge in [-0.05, 0) is 58.4 Å². The summed E-state index contributed by atoms with van der Waals surface area (Å²) in [6, 6.07) is 6.19. The highest BCUT2D eigenvalue weighted by Crippen LogP contribution is 2.23. The third-order valence-corrected chi connectivity index (χ3v) is 3.92. The maximum Gasteiger partial charge on any atom is 0.251 e. The molecule has 4 nitrogen and oxygen atoms in total. The Hall–Kier alpha value is -0.780. The Morgan fingerprint density at radius 3 is 2.77 bits per heavy atom. The molecule has 2 rings (SSSR count). The number of piperidine rings is 1. The molecular weight excluding hydrogens is 368 g/mol. The van der Waals surface area contributed by atoms with Crippen LogP contribution in [0, 0.1) is 0 Å². The van der Waals surface area contributed by atoms with Crippen molar-refractivity contribution >= 4 is 34.2 Å². The maximum atomic E-state index is 12.4. The Kier molecular flexibility index (Phi) is 7.66. The van der Waals surface area contributed by atoms with E-state index in [0.717, 1.165) is 23.9 Å². The van der Waals surface area contributed by atoms with Crippen LogP contribution in [0.1, 0.15) is 44.0 Å². The molecule has 124 valence electrons. The first-order chi connectivity index (χ1) is 9.94. The molecule has 1 heterocycles. The van der Waals surface area contributed by atoms with Crippen molar-refractivity contribution in [1.29, 1.82) is 0 Å². The highest BCUT2D eigenvalue weighted by atomic mass is 79.9. The van der Waals surface area contributed by atoms with Gasteiger partial charge in [0.2, 0.25) is 0 Å². The molecule has 0 aromatic heterocycles. The van der Waals surface area contributed by atoms with E-state index in [4.69, 9.17) is 4.74 Å². The van der Waals surface area contributed by atoms with Crippen molar-refractivity contribution in [3.8, 4) is 5.75 Å². The van der Waals surface area contributed by atoms with Crippen LogP contribution in [0.5, 0.6) is 5.75 Å². The van der Waals surface area contributed by atoms with Gasteiger partial charge in [0.1, 0.15) is 5.75 Å². The summed E-state index contributed by atoms with van der Waals surface area (Å²) in [4.78, 5) is 12.4. The van der Waals surface area contributed by atoms with Gasteiger partial charge in [-0.25, -0.2) is 0 Å². The number of benzene rings is 1. The molecule has 22 heavy (non-hydrogen) atoms. The average molecular weight is 392 g/mol. The predicted octanol–water partition coefficient (Wildman–Crippen LogP) is 3.53. The second kappa shape index (κ2) is 8.75. The van der Waals surface area contributed by atoms with Crippen molar-refractivity contribution in [3.05, 3.63) is 28.2 Å². The van der Waals surface area contributed by atoms with E-state index in [1.165, 1.54) is 0 Å². The zero-order valence-electron chi connectivity index (χ0n) is 13.2. The molecule has 2 atom stereocenters. The van der Waals surface area contributed by atoms with Crippen molar-refractivity contribution in [2.45, 2.75) is 51.8 Å². The number of ether oxygens (including phenoxy) is 1. The molecule has 1 amide bonds. The fraction of sp³-hybridized carbons (Fsp3) is 0.562. The Morgan fingerprint density at radius 2 is 2.14 bits per heavy atom. The summed E-state index contributed by atoms with van der Waals surface area (Å²) in [6.45, 7) is 7.03. The van der Waals surface area contributed by atoms with Gasteiger partial charge in [-0.2, -0.15) is 0 Å². The molecule has 2 N–H and O–H groups in total. The van der Waals surface area contributed by atoms with Gasteiger partial charge in [-0.15, -0.1) is 12.4 Å². The van der Waals surface area contributed by atoms with Gasteiger partial charge >= 0.3 is 0 Å². The number of amides is 1. The average Bonchev–Trinajstić information content (AvgIpc) is 2.37. The van der Waals surface area contributed by atoms with Gasteiger partial charge in [0.05, 0.1) is 6.10 Å². The lowest BCUT2D eigenvalue weighted by Gasteiger charge is -2.28. The smallest absolute Gasteiger partial charge is 0.251 e. The van der Waals surface area contributed by atoms with Crippen molar-refractivity contribution in [2.24, 2.45) is 0 Å². The van der Waals surface area contributed by atoms with Crippen LogP contribution in [0.2, 0.25) is 0 Å². The summed E-state index contributed by atoms with van der Waals surface area (Å²) in [7, 11) is 0. The number of halogens is 2. The minimum atomic E-state index is -0.0380. The van der Waals surface area contributed by atoms with Crippen LogP contribution >= 0.6 is 28.3 Å². The van der Waals surface area contributed by atoms with Crippen molar-refractivity contribution in [1.82, 2.24) is 10.6 Å². The second-order valence-electron chi connectivity index (χ2n) is 5.89. The summed E-state index contributed by atoms with van der Waals surface area (Å²) in [6.07, 6.45) is 2.02. The van der Waals surface area contributed by atoms with Crippen molar-refractivity contribution in [3.63, 3.8) is 0 Å². The minimum Gasteiger partial charge on any atom is -0.491 e. The van der Waals surface area contributed by atoms with Crippen LogP contribution < -0.4 is 15.4 Å². The minimum absolute atomic E-state index is 0. The summed E-state index contributed by atoms with van der Waals surface area (Å²) in [5.41, 5.74) is 0.631. The van der Waals surface area contributed by atoms with E-state index >= 15 is 0 Å². The highest BCUT2D eigenvalue weighted by Gasteiger charge is 2.21. The summed E-state index contributed by atoms with van der Waals surface area (Å²) >= 11 is 3.44. The summed E-state index contributed by atoms with van der Waals surface area (Å²) in [5, 5.41) is 6.50. The molecule has 1 aliphatic rings. The fourth-order valence-corrected chi connectivity index (χ4v) is 3.04. The van der Waals surface area contributed by atoms with Gasteiger partial charge in [-0.3, -0.25) is 4.79 Å². The molecule has 0 spiro atoms. The lowest BCUT2D eigenvalue weighted by Crippen LogP contribution is -2.46. The first-order valence-electron chi connectivity index (χ1n) is 7.45. The predicted molar refractivity (Wildman–Crippen MR) is 95.1 cm³/mol. The third-order valence-electron chi connectivity index (χ3n) is 3.46. The first-order valence-corrected chi connectivity index (χ1v) is 8.25. The largest absolute Gasteiger partial charge is 0.491 e. The highest BCUT2D eigenvalue weighted by molar-refractivity contribution is 9.10. The molecule has 6 heteroatoms. The van der Waals surface area contributed by atoms with Gasteiger partial charge < -0.3 is 15.4 Å². The Labute approximate surface area is 146 Å². The molecule has 0 aliphatic carbocycles. The van der Waals surface area contributed by atoms with E-state index in [0.29, 0.717) is 17.4 Å². The number of hydrogen-bond acceptors (Lipinski definition) is 3. The monoisotopic (exact) mass is 390 g/mol. The third kappa shape index (κ3) is 5.78. The van der Waals surface area contributed by atoms with Crippen molar-refractivity contribution < 1.29 is 9.53 Å². The number of rotatable bonds is 4. The van der Waals surface area contributed by atoms with E-state index in [1.807, 2.05) is 26.0 Å². The van der Waals surface area contributed by atoms with E-state index in [2.05, 4.69) is 33.5 Å². The molecule has 1 aromatic carbocycles. The van der Waals surface area contributed by atoms with Crippen LogP contribution in [-0.4, -0.2) is 30.6 Å². The second-order valence-corrected chi connectivity index (χ2v) is 6.81. The molecule has 2 unspecified atom stereocenters. The SMILES string of the molecule is CC1CC(NC(=O)c2cc(Br)cc(OC(C)C)c2)CCN1.Cl. The quantitative estimate of drug-likeness (QED) is 0.825. The van der Waals surface area contributed by atoms with Crippen LogP contribution in [0.4, 0.5) is 0 Å². The van der Waals surface area contributed by atoms with E-state index in [-0.39, 0.29) is 30.5 Å². The number of carbonyl (C=O) groups is 1. The Bertz CT molecular complexity index is 511. The molecule has 1 fully saturated rings. The molecule has 1 aromatic rings. The van der Waals surface area contributed by atoms with Crippen LogP contribution in [0.25, 0.3) is 0 Å².